The molecule has 4 atom stereocenters. The molecule has 0 aliphatic heterocycles. The summed E-state index contributed by atoms with van der Waals surface area (Å²) in [6.45, 7) is 0.0835. The Morgan fingerprint density at radius 1 is 1.14 bits per heavy atom. The molecule has 12 nitrogen and oxygen atoms in total. The van der Waals surface area contributed by atoms with Crippen molar-refractivity contribution < 1.29 is 39.6 Å². The standard InChI is InChI=1S/C25H30N4O8/c1-28(2)9-15(31)27-13-5-6-14(30)17-11(13)7-10-8-12-19(29(3)4)21(33)18(24(26)36)23(35)25(12,37)22(34)16(10)20(17)32/h5-6,10,12,19,30,32,35,37H,7-9H2,1-4H3,(H2,26,36)(H,27,31)/t10?,12?,19-,25-/m0/s1. The number of amides is 2. The summed E-state index contributed by atoms with van der Waals surface area (Å²) in [5.41, 5.74) is 2.14. The molecular formula is C25H30N4O8. The number of phenols is 1. The number of nitrogens with one attached hydrogen (secondary N) is 1. The van der Waals surface area contributed by atoms with Crippen LogP contribution in [0.3, 0.4) is 0 Å². The van der Waals surface area contributed by atoms with Crippen LogP contribution in [0.5, 0.6) is 5.75 Å². The minimum absolute atomic E-state index is 0.0352. The van der Waals surface area contributed by atoms with Crippen molar-refractivity contribution >= 4 is 34.8 Å². The Balaban J connectivity index is 1.89. The Labute approximate surface area is 212 Å². The fraction of sp³-hybridized carbons (Fsp3) is 0.440. The number of carbonyl (C=O) groups excluding carboxylic acids is 4. The molecule has 4 rings (SSSR count). The van der Waals surface area contributed by atoms with Crippen LogP contribution in [-0.2, 0) is 25.6 Å². The van der Waals surface area contributed by atoms with E-state index in [0.29, 0.717) is 11.3 Å². The molecule has 3 aliphatic carbocycles. The number of rotatable bonds is 5. The number of aromatic hydroxyl groups is 1. The summed E-state index contributed by atoms with van der Waals surface area (Å²) in [6, 6.07) is 1.58. The molecule has 37 heavy (non-hydrogen) atoms. The summed E-state index contributed by atoms with van der Waals surface area (Å²) in [4.78, 5) is 54.5. The Morgan fingerprint density at radius 2 is 1.78 bits per heavy atom. The zero-order valence-electron chi connectivity index (χ0n) is 20.9. The maximum atomic E-state index is 13.8. The molecule has 2 amide bonds. The van der Waals surface area contributed by atoms with Gasteiger partial charge >= 0.3 is 0 Å². The summed E-state index contributed by atoms with van der Waals surface area (Å²) in [6.07, 6.45) is 0.0486. The van der Waals surface area contributed by atoms with Gasteiger partial charge in [-0.2, -0.15) is 0 Å². The molecule has 0 spiro atoms. The highest BCUT2D eigenvalue weighted by Crippen LogP contribution is 2.53. The number of carbonyl (C=O) groups is 4. The van der Waals surface area contributed by atoms with Gasteiger partial charge in [-0.05, 0) is 64.6 Å². The van der Waals surface area contributed by atoms with E-state index in [-0.39, 0.29) is 42.2 Å². The second-order valence-corrected chi connectivity index (χ2v) is 10.2. The topological polar surface area (TPSA) is 194 Å². The average molecular weight is 515 g/mol. The zero-order valence-corrected chi connectivity index (χ0v) is 20.9. The molecule has 0 aromatic heterocycles. The Morgan fingerprint density at radius 3 is 2.35 bits per heavy atom. The number of Topliss-reactive ketones (excluding diaryl/α,β-unsaturated/α-hetero) is 2. The number of likely N-dealkylation sites (N-methyl/N-ethyl adjacent to an activating group) is 2. The lowest BCUT2D eigenvalue weighted by Gasteiger charge is -2.50. The molecule has 1 aromatic rings. The minimum Gasteiger partial charge on any atom is -0.508 e. The molecule has 3 aliphatic rings. The molecule has 0 saturated heterocycles. The van der Waals surface area contributed by atoms with E-state index in [2.05, 4.69) is 5.32 Å². The van der Waals surface area contributed by atoms with E-state index in [1.165, 1.54) is 31.1 Å². The summed E-state index contributed by atoms with van der Waals surface area (Å²) >= 11 is 0. The minimum atomic E-state index is -2.70. The number of hydrogen-bond acceptors (Lipinski definition) is 10. The van der Waals surface area contributed by atoms with E-state index in [0.717, 1.165) is 0 Å². The van der Waals surface area contributed by atoms with Crippen LogP contribution in [-0.4, -0.2) is 100.0 Å². The Hall–Kier alpha value is -3.74. The average Bonchev–Trinajstić information content (AvgIpc) is 2.77. The molecule has 1 saturated carbocycles. The number of nitrogens with zero attached hydrogens (tertiary/aromatic N) is 2. The fourth-order valence-electron chi connectivity index (χ4n) is 5.84. The molecular weight excluding hydrogens is 484 g/mol. The quantitative estimate of drug-likeness (QED) is 0.220. The van der Waals surface area contributed by atoms with Gasteiger partial charge in [0.05, 0.1) is 18.2 Å². The van der Waals surface area contributed by atoms with Crippen molar-refractivity contribution in [1.82, 2.24) is 9.80 Å². The predicted molar refractivity (Wildman–Crippen MR) is 131 cm³/mol. The van der Waals surface area contributed by atoms with Crippen molar-refractivity contribution in [2.75, 3.05) is 40.1 Å². The van der Waals surface area contributed by atoms with Crippen molar-refractivity contribution in [3.8, 4) is 5.75 Å². The van der Waals surface area contributed by atoms with Gasteiger partial charge in [-0.1, -0.05) is 0 Å². The predicted octanol–water partition coefficient (Wildman–Crippen LogP) is -0.536. The van der Waals surface area contributed by atoms with Crippen molar-refractivity contribution in [3.63, 3.8) is 0 Å². The van der Waals surface area contributed by atoms with E-state index in [9.17, 15) is 39.6 Å². The summed E-state index contributed by atoms with van der Waals surface area (Å²) in [7, 11) is 6.51. The van der Waals surface area contributed by atoms with Crippen molar-refractivity contribution in [1.29, 1.82) is 0 Å². The number of benzene rings is 1. The lowest BCUT2D eigenvalue weighted by atomic mass is 9.57. The third-order valence-corrected chi connectivity index (χ3v) is 7.34. The summed E-state index contributed by atoms with van der Waals surface area (Å²) in [5.74, 6) is -7.54. The number of primary amides is 1. The van der Waals surface area contributed by atoms with Gasteiger partial charge in [0.25, 0.3) is 5.91 Å². The molecule has 198 valence electrons. The first-order valence-electron chi connectivity index (χ1n) is 11.7. The molecule has 0 bridgehead atoms. The van der Waals surface area contributed by atoms with Crippen molar-refractivity contribution in [2.24, 2.45) is 17.6 Å². The first-order valence-corrected chi connectivity index (χ1v) is 11.7. The van der Waals surface area contributed by atoms with E-state index < -0.39 is 58.0 Å². The normalized spacial score (nSPS) is 27.3. The van der Waals surface area contributed by atoms with Gasteiger partial charge in [0.2, 0.25) is 11.7 Å². The number of aliphatic hydroxyl groups is 3. The van der Waals surface area contributed by atoms with Crippen LogP contribution >= 0.6 is 0 Å². The van der Waals surface area contributed by atoms with Gasteiger partial charge < -0.3 is 36.4 Å². The van der Waals surface area contributed by atoms with Crippen molar-refractivity contribution in [3.05, 3.63) is 40.2 Å². The Bertz CT molecular complexity index is 1300. The van der Waals surface area contributed by atoms with Crippen LogP contribution < -0.4 is 11.1 Å². The second kappa shape index (κ2) is 8.98. The Kier molecular flexibility index (Phi) is 6.39. The van der Waals surface area contributed by atoms with E-state index in [1.807, 2.05) is 0 Å². The smallest absolute Gasteiger partial charge is 0.255 e. The third-order valence-electron chi connectivity index (χ3n) is 7.34. The second-order valence-electron chi connectivity index (χ2n) is 10.2. The lowest BCUT2D eigenvalue weighted by Crippen LogP contribution is -2.65. The summed E-state index contributed by atoms with van der Waals surface area (Å²) in [5, 5.41) is 47.0. The molecule has 2 unspecified atom stereocenters. The zero-order chi connectivity index (χ0) is 27.6. The maximum absolute atomic E-state index is 13.8. The van der Waals surface area contributed by atoms with Gasteiger partial charge in [-0.15, -0.1) is 0 Å². The van der Waals surface area contributed by atoms with Crippen LogP contribution in [0.1, 0.15) is 17.5 Å². The van der Waals surface area contributed by atoms with Gasteiger partial charge in [-0.3, -0.25) is 24.1 Å². The number of phenolic OH excluding ortho intramolecular Hbond substituents is 1. The van der Waals surface area contributed by atoms with Crippen LogP contribution in [0.4, 0.5) is 5.69 Å². The number of aliphatic hydroxyl groups excluding tert-OH is 2. The number of anilines is 1. The lowest BCUT2D eigenvalue weighted by molar-refractivity contribution is -0.153. The molecule has 7 N–H and O–H groups in total. The van der Waals surface area contributed by atoms with E-state index >= 15 is 0 Å². The van der Waals surface area contributed by atoms with Gasteiger partial charge in [0.15, 0.2) is 11.4 Å². The molecule has 1 fully saturated rings. The highest BCUT2D eigenvalue weighted by molar-refractivity contribution is 6.24. The largest absolute Gasteiger partial charge is 0.508 e. The number of nitrogens with two attached hydrogens (primary N) is 1. The van der Waals surface area contributed by atoms with Crippen LogP contribution in [0.15, 0.2) is 29.0 Å². The first kappa shape index (κ1) is 26.3. The number of fused-ring (bicyclic) bond motifs is 3. The van der Waals surface area contributed by atoms with Gasteiger partial charge in [-0.25, -0.2) is 0 Å². The maximum Gasteiger partial charge on any atom is 0.255 e. The van der Waals surface area contributed by atoms with Gasteiger partial charge in [0, 0.05) is 17.2 Å². The van der Waals surface area contributed by atoms with Crippen LogP contribution in [0.2, 0.25) is 0 Å². The van der Waals surface area contributed by atoms with E-state index in [4.69, 9.17) is 5.73 Å². The van der Waals surface area contributed by atoms with Crippen LogP contribution in [0, 0.1) is 11.8 Å². The molecule has 0 radical (unpaired) electrons. The summed E-state index contributed by atoms with van der Waals surface area (Å²) < 4.78 is 0. The number of hydrogen-bond donors (Lipinski definition) is 6. The third kappa shape index (κ3) is 3.88. The van der Waals surface area contributed by atoms with E-state index in [1.54, 1.807) is 19.0 Å². The highest BCUT2D eigenvalue weighted by Gasteiger charge is 2.64. The first-order chi connectivity index (χ1) is 17.2. The SMILES string of the molecule is CN(C)CC(=O)Nc1ccc(O)c2c1CC1CC3[C@H](N(C)C)C(=O)C(C(N)=O)=C(O)[C@@]3(O)C(=O)C1=C2O. The fourth-order valence-corrected chi connectivity index (χ4v) is 5.84. The highest BCUT2D eigenvalue weighted by atomic mass is 16.3. The number of ketones is 2. The molecule has 12 heteroatoms. The molecule has 0 heterocycles. The molecule has 1 aromatic carbocycles. The van der Waals surface area contributed by atoms with Crippen LogP contribution in [0.25, 0.3) is 5.76 Å². The van der Waals surface area contributed by atoms with Crippen molar-refractivity contribution in [2.45, 2.75) is 24.5 Å². The van der Waals surface area contributed by atoms with Gasteiger partial charge in [0.1, 0.15) is 22.8 Å². The monoisotopic (exact) mass is 514 g/mol.